The Morgan fingerprint density at radius 1 is 1.17 bits per heavy atom. The van der Waals surface area contributed by atoms with Gasteiger partial charge in [0.1, 0.15) is 18.9 Å². The average Bonchev–Trinajstić information content (AvgIpc) is 2.74. The van der Waals surface area contributed by atoms with Crippen molar-refractivity contribution in [2.45, 2.75) is 19.6 Å². The number of ether oxygens (including phenoxy) is 1. The van der Waals surface area contributed by atoms with Crippen LogP contribution in [0.15, 0.2) is 48.8 Å². The maximum atomic E-state index is 12.6. The zero-order chi connectivity index (χ0) is 21.5. The van der Waals surface area contributed by atoms with Crippen LogP contribution in [0, 0.1) is 5.92 Å². The molecule has 0 spiro atoms. The van der Waals surface area contributed by atoms with Crippen LogP contribution in [0.1, 0.15) is 17.5 Å². The number of nitrogens with zero attached hydrogens (tertiary/aromatic N) is 2. The topological polar surface area (TPSA) is 126 Å². The normalized spacial score (nSPS) is 16.3. The number of carbonyl (C=O) groups is 4. The SMILES string of the molecule is O=C(O)CNC(=O)C1C(=O)CCN(Cc2ccc(OCc3cccnc3)cc2)C1=O. The highest BCUT2D eigenvalue weighted by Gasteiger charge is 2.40. The molecule has 0 aliphatic carbocycles. The molecule has 2 aromatic rings. The molecule has 1 aromatic carbocycles. The molecule has 1 fully saturated rings. The summed E-state index contributed by atoms with van der Waals surface area (Å²) in [6.45, 7) is 0.181. The molecule has 1 aromatic heterocycles. The minimum Gasteiger partial charge on any atom is -0.489 e. The number of carbonyl (C=O) groups excluding carboxylic acids is 3. The van der Waals surface area contributed by atoms with Gasteiger partial charge in [-0.15, -0.1) is 0 Å². The first-order chi connectivity index (χ1) is 14.4. The van der Waals surface area contributed by atoms with Gasteiger partial charge in [-0.05, 0) is 23.8 Å². The van der Waals surface area contributed by atoms with Crippen molar-refractivity contribution in [3.8, 4) is 5.75 Å². The van der Waals surface area contributed by atoms with Crippen LogP contribution in [-0.2, 0) is 32.3 Å². The molecule has 156 valence electrons. The van der Waals surface area contributed by atoms with Crippen molar-refractivity contribution in [2.75, 3.05) is 13.1 Å². The number of likely N-dealkylation sites (tertiary alicyclic amines) is 1. The minimum absolute atomic E-state index is 0.0448. The Morgan fingerprint density at radius 3 is 2.60 bits per heavy atom. The van der Waals surface area contributed by atoms with E-state index in [1.165, 1.54) is 4.90 Å². The summed E-state index contributed by atoms with van der Waals surface area (Å²) < 4.78 is 5.70. The van der Waals surface area contributed by atoms with E-state index in [9.17, 15) is 19.2 Å². The predicted molar refractivity (Wildman–Crippen MR) is 104 cm³/mol. The standard InChI is InChI=1S/C21H21N3O6/c25-17-7-9-24(21(29)19(17)20(28)23-11-18(26)27)12-14-3-5-16(6-4-14)30-13-15-2-1-8-22-10-15/h1-6,8,10,19H,7,9,11-13H2,(H,23,28)(H,26,27). The molecule has 0 radical (unpaired) electrons. The number of hydrogen-bond donors (Lipinski definition) is 2. The lowest BCUT2D eigenvalue weighted by Gasteiger charge is -2.30. The summed E-state index contributed by atoms with van der Waals surface area (Å²) in [6.07, 6.45) is 3.46. The van der Waals surface area contributed by atoms with E-state index in [0.29, 0.717) is 12.4 Å². The van der Waals surface area contributed by atoms with Gasteiger partial charge in [0.25, 0.3) is 0 Å². The molecule has 1 saturated heterocycles. The Morgan fingerprint density at radius 2 is 1.93 bits per heavy atom. The fourth-order valence-electron chi connectivity index (χ4n) is 3.06. The number of aliphatic carboxylic acids is 1. The van der Waals surface area contributed by atoms with Crippen LogP contribution < -0.4 is 10.1 Å². The zero-order valence-electron chi connectivity index (χ0n) is 16.1. The van der Waals surface area contributed by atoms with Crippen LogP contribution in [0.3, 0.4) is 0 Å². The Hall–Kier alpha value is -3.75. The van der Waals surface area contributed by atoms with E-state index in [-0.39, 0.29) is 19.5 Å². The van der Waals surface area contributed by atoms with E-state index in [0.717, 1.165) is 11.1 Å². The van der Waals surface area contributed by atoms with E-state index >= 15 is 0 Å². The van der Waals surface area contributed by atoms with Gasteiger partial charge in [0.05, 0.1) is 0 Å². The molecule has 2 N–H and O–H groups in total. The second-order valence-corrected chi connectivity index (χ2v) is 6.81. The van der Waals surface area contributed by atoms with Crippen LogP contribution in [0.25, 0.3) is 0 Å². The van der Waals surface area contributed by atoms with Crippen LogP contribution in [0.4, 0.5) is 0 Å². The smallest absolute Gasteiger partial charge is 0.322 e. The van der Waals surface area contributed by atoms with E-state index in [2.05, 4.69) is 10.3 Å². The van der Waals surface area contributed by atoms with Gasteiger partial charge < -0.3 is 20.1 Å². The number of rotatable bonds is 8. The lowest BCUT2D eigenvalue weighted by molar-refractivity contribution is -0.152. The van der Waals surface area contributed by atoms with Gasteiger partial charge in [-0.2, -0.15) is 0 Å². The summed E-state index contributed by atoms with van der Waals surface area (Å²) in [7, 11) is 0. The van der Waals surface area contributed by atoms with Crippen molar-refractivity contribution in [3.05, 3.63) is 59.9 Å². The maximum absolute atomic E-state index is 12.6. The molecule has 1 unspecified atom stereocenters. The third kappa shape index (κ3) is 5.40. The number of carboxylic acid groups (broad SMARTS) is 1. The Labute approximate surface area is 172 Å². The molecule has 3 rings (SSSR count). The van der Waals surface area contributed by atoms with Crippen molar-refractivity contribution in [1.29, 1.82) is 0 Å². The van der Waals surface area contributed by atoms with Gasteiger partial charge >= 0.3 is 5.97 Å². The first-order valence-corrected chi connectivity index (χ1v) is 9.35. The van der Waals surface area contributed by atoms with Crippen LogP contribution >= 0.6 is 0 Å². The molecule has 2 amide bonds. The molecule has 30 heavy (non-hydrogen) atoms. The highest BCUT2D eigenvalue weighted by atomic mass is 16.5. The molecular formula is C21H21N3O6. The Balaban J connectivity index is 1.58. The molecular weight excluding hydrogens is 390 g/mol. The molecule has 0 bridgehead atoms. The summed E-state index contributed by atoms with van der Waals surface area (Å²) in [6, 6.07) is 10.9. The predicted octanol–water partition coefficient (Wildman–Crippen LogP) is 0.779. The highest BCUT2D eigenvalue weighted by Crippen LogP contribution is 2.20. The fraction of sp³-hybridized carbons (Fsp3) is 0.286. The number of pyridine rings is 1. The van der Waals surface area contributed by atoms with E-state index < -0.39 is 36.0 Å². The van der Waals surface area contributed by atoms with Gasteiger partial charge in [-0.1, -0.05) is 18.2 Å². The lowest BCUT2D eigenvalue weighted by Crippen LogP contribution is -2.52. The minimum atomic E-state index is -1.50. The molecule has 1 atom stereocenters. The second-order valence-electron chi connectivity index (χ2n) is 6.81. The van der Waals surface area contributed by atoms with Crippen molar-refractivity contribution >= 4 is 23.6 Å². The van der Waals surface area contributed by atoms with Gasteiger partial charge in [0.15, 0.2) is 11.7 Å². The molecule has 0 saturated carbocycles. The third-order valence-electron chi connectivity index (χ3n) is 4.61. The lowest BCUT2D eigenvalue weighted by atomic mass is 9.94. The van der Waals surface area contributed by atoms with Gasteiger partial charge in [-0.3, -0.25) is 24.2 Å². The quantitative estimate of drug-likeness (QED) is 0.615. The summed E-state index contributed by atoms with van der Waals surface area (Å²) in [4.78, 5) is 52.8. The third-order valence-corrected chi connectivity index (χ3v) is 4.61. The number of hydrogen-bond acceptors (Lipinski definition) is 6. The number of Topliss-reactive ketones (excluding diaryl/α,β-unsaturated/α-hetero) is 1. The van der Waals surface area contributed by atoms with E-state index in [1.807, 2.05) is 24.3 Å². The van der Waals surface area contributed by atoms with E-state index in [4.69, 9.17) is 9.84 Å². The summed E-state index contributed by atoms with van der Waals surface area (Å²) >= 11 is 0. The summed E-state index contributed by atoms with van der Waals surface area (Å²) in [5.41, 5.74) is 1.76. The van der Waals surface area contributed by atoms with Gasteiger partial charge in [0.2, 0.25) is 11.8 Å². The number of carboxylic acids is 1. The molecule has 9 nitrogen and oxygen atoms in total. The molecule has 1 aliphatic heterocycles. The van der Waals surface area contributed by atoms with E-state index in [1.54, 1.807) is 24.5 Å². The van der Waals surface area contributed by atoms with Crippen LogP contribution in [0.2, 0.25) is 0 Å². The number of ketones is 1. The summed E-state index contributed by atoms with van der Waals surface area (Å²) in [5, 5.41) is 10.8. The number of benzene rings is 1. The fourth-order valence-corrected chi connectivity index (χ4v) is 3.06. The largest absolute Gasteiger partial charge is 0.489 e. The molecule has 9 heteroatoms. The van der Waals surface area contributed by atoms with Gasteiger partial charge in [0, 0.05) is 37.5 Å². The number of amides is 2. The monoisotopic (exact) mass is 411 g/mol. The van der Waals surface area contributed by atoms with Crippen LogP contribution in [0.5, 0.6) is 5.75 Å². The number of piperidine rings is 1. The maximum Gasteiger partial charge on any atom is 0.322 e. The van der Waals surface area contributed by atoms with Gasteiger partial charge in [-0.25, -0.2) is 0 Å². The highest BCUT2D eigenvalue weighted by molar-refractivity contribution is 6.19. The second kappa shape index (κ2) is 9.64. The van der Waals surface area contributed by atoms with Crippen molar-refractivity contribution in [3.63, 3.8) is 0 Å². The average molecular weight is 411 g/mol. The van der Waals surface area contributed by atoms with Crippen molar-refractivity contribution in [1.82, 2.24) is 15.2 Å². The molecule has 2 heterocycles. The summed E-state index contributed by atoms with van der Waals surface area (Å²) in [5.74, 6) is -4.09. The number of nitrogens with one attached hydrogen (secondary N) is 1. The first kappa shape index (κ1) is 21.0. The molecule has 1 aliphatic rings. The Bertz CT molecular complexity index is 930. The zero-order valence-corrected chi connectivity index (χ0v) is 16.1. The first-order valence-electron chi connectivity index (χ1n) is 9.35. The number of aromatic nitrogens is 1. The Kier molecular flexibility index (Phi) is 6.74. The van der Waals surface area contributed by atoms with Crippen molar-refractivity contribution < 1.29 is 29.0 Å². The van der Waals surface area contributed by atoms with Crippen molar-refractivity contribution in [2.24, 2.45) is 5.92 Å². The van der Waals surface area contributed by atoms with Crippen LogP contribution in [-0.4, -0.2) is 51.6 Å².